The number of para-hydroxylation sites is 1. The fourth-order valence-electron chi connectivity index (χ4n) is 1.07. The second-order valence-electron chi connectivity index (χ2n) is 3.10. The number of alkyl halides is 5. The van der Waals surface area contributed by atoms with E-state index in [1.54, 1.807) is 0 Å². The third-order valence-corrected chi connectivity index (χ3v) is 3.33. The van der Waals surface area contributed by atoms with Crippen LogP contribution in [0.1, 0.15) is 0 Å². The zero-order valence-electron chi connectivity index (χ0n) is 8.62. The standard InChI is InChI=1S/C9H7F5O3S/c10-8(11)5-17-6-3-1-2-4-7(6)18(15,16)9(12,13)14/h1-4,8H,5H2. The van der Waals surface area contributed by atoms with Gasteiger partial charge in [-0.3, -0.25) is 0 Å². The first kappa shape index (κ1) is 14.7. The molecule has 0 N–H and O–H groups in total. The Bertz CT molecular complexity index is 509. The van der Waals surface area contributed by atoms with Gasteiger partial charge < -0.3 is 4.74 Å². The summed E-state index contributed by atoms with van der Waals surface area (Å²) in [5.74, 6) is -0.755. The summed E-state index contributed by atoms with van der Waals surface area (Å²) in [4.78, 5) is -1.18. The molecule has 3 nitrogen and oxygen atoms in total. The maximum absolute atomic E-state index is 12.3. The van der Waals surface area contributed by atoms with Crippen molar-refractivity contribution in [2.75, 3.05) is 6.61 Å². The van der Waals surface area contributed by atoms with Gasteiger partial charge in [0.15, 0.2) is 0 Å². The average molecular weight is 290 g/mol. The Morgan fingerprint density at radius 1 is 1.17 bits per heavy atom. The summed E-state index contributed by atoms with van der Waals surface area (Å²) in [6.45, 7) is -1.19. The fourth-order valence-corrected chi connectivity index (χ4v) is 1.97. The molecule has 1 aromatic rings. The van der Waals surface area contributed by atoms with E-state index in [0.717, 1.165) is 12.1 Å². The molecule has 102 valence electrons. The topological polar surface area (TPSA) is 43.4 Å². The second-order valence-corrected chi connectivity index (χ2v) is 5.01. The normalized spacial score (nSPS) is 12.8. The molecule has 0 aromatic heterocycles. The number of rotatable bonds is 4. The van der Waals surface area contributed by atoms with Crippen LogP contribution < -0.4 is 4.74 Å². The molecular weight excluding hydrogens is 283 g/mol. The molecule has 0 aliphatic heterocycles. The van der Waals surface area contributed by atoms with E-state index in [0.29, 0.717) is 6.07 Å². The number of hydrogen-bond donors (Lipinski definition) is 0. The van der Waals surface area contributed by atoms with Crippen molar-refractivity contribution in [2.45, 2.75) is 16.8 Å². The molecule has 0 aliphatic rings. The molecule has 1 rings (SSSR count). The van der Waals surface area contributed by atoms with E-state index < -0.39 is 39.0 Å². The van der Waals surface area contributed by atoms with Crippen molar-refractivity contribution in [1.29, 1.82) is 0 Å². The fraction of sp³-hybridized carbons (Fsp3) is 0.333. The van der Waals surface area contributed by atoms with E-state index in [-0.39, 0.29) is 0 Å². The molecule has 0 atom stereocenters. The molecule has 0 heterocycles. The lowest BCUT2D eigenvalue weighted by Crippen LogP contribution is -2.24. The minimum atomic E-state index is -5.62. The summed E-state index contributed by atoms with van der Waals surface area (Å²) >= 11 is 0. The van der Waals surface area contributed by atoms with E-state index >= 15 is 0 Å². The SMILES string of the molecule is O=S(=O)(c1ccccc1OCC(F)F)C(F)(F)F. The highest BCUT2D eigenvalue weighted by Gasteiger charge is 2.48. The van der Waals surface area contributed by atoms with E-state index in [2.05, 4.69) is 4.74 Å². The third kappa shape index (κ3) is 3.09. The maximum atomic E-state index is 12.3. The highest BCUT2D eigenvalue weighted by Crippen LogP contribution is 2.35. The molecule has 0 radical (unpaired) electrons. The number of sulfone groups is 1. The molecule has 0 saturated heterocycles. The van der Waals surface area contributed by atoms with E-state index in [9.17, 15) is 30.4 Å². The predicted molar refractivity (Wildman–Crippen MR) is 51.2 cm³/mol. The van der Waals surface area contributed by atoms with Gasteiger partial charge in [0, 0.05) is 0 Å². The first-order chi connectivity index (χ1) is 8.16. The number of benzene rings is 1. The largest absolute Gasteiger partial charge is 0.502 e. The zero-order chi connectivity index (χ0) is 14.0. The Morgan fingerprint density at radius 3 is 2.22 bits per heavy atom. The summed E-state index contributed by atoms with van der Waals surface area (Å²) in [7, 11) is -5.62. The van der Waals surface area contributed by atoms with Crippen LogP contribution in [0.25, 0.3) is 0 Å². The molecule has 1 aromatic carbocycles. The van der Waals surface area contributed by atoms with Gasteiger partial charge in [0.2, 0.25) is 0 Å². The highest BCUT2D eigenvalue weighted by atomic mass is 32.2. The first-order valence-electron chi connectivity index (χ1n) is 4.47. The zero-order valence-corrected chi connectivity index (χ0v) is 9.43. The van der Waals surface area contributed by atoms with Gasteiger partial charge in [-0.15, -0.1) is 0 Å². The Morgan fingerprint density at radius 2 is 1.72 bits per heavy atom. The first-order valence-corrected chi connectivity index (χ1v) is 5.96. The lowest BCUT2D eigenvalue weighted by atomic mass is 10.3. The van der Waals surface area contributed by atoms with Crippen molar-refractivity contribution >= 4 is 9.84 Å². The van der Waals surface area contributed by atoms with E-state index in [4.69, 9.17) is 0 Å². The van der Waals surface area contributed by atoms with Gasteiger partial charge in [-0.25, -0.2) is 17.2 Å². The van der Waals surface area contributed by atoms with Gasteiger partial charge in [-0.1, -0.05) is 12.1 Å². The van der Waals surface area contributed by atoms with Gasteiger partial charge in [-0.05, 0) is 12.1 Å². The van der Waals surface area contributed by atoms with Gasteiger partial charge in [0.25, 0.3) is 16.3 Å². The average Bonchev–Trinajstić information content (AvgIpc) is 2.25. The highest BCUT2D eigenvalue weighted by molar-refractivity contribution is 7.92. The smallest absolute Gasteiger partial charge is 0.486 e. The minimum absolute atomic E-state index is 0.642. The summed E-state index contributed by atoms with van der Waals surface area (Å²) in [5, 5.41) is 0. The predicted octanol–water partition coefficient (Wildman–Crippen LogP) is 2.62. The van der Waals surface area contributed by atoms with Crippen molar-refractivity contribution in [3.05, 3.63) is 24.3 Å². The Balaban J connectivity index is 3.18. The Labute approximate surface area is 99.1 Å². The summed E-state index contributed by atoms with van der Waals surface area (Å²) < 4.78 is 87.3. The van der Waals surface area contributed by atoms with Crippen molar-refractivity contribution in [2.24, 2.45) is 0 Å². The molecule has 0 spiro atoms. The second kappa shape index (κ2) is 5.09. The lowest BCUT2D eigenvalue weighted by molar-refractivity contribution is -0.0437. The molecular formula is C9H7F5O3S. The van der Waals surface area contributed by atoms with Crippen LogP contribution in [0.4, 0.5) is 22.0 Å². The monoisotopic (exact) mass is 290 g/mol. The van der Waals surface area contributed by atoms with Crippen molar-refractivity contribution in [3.63, 3.8) is 0 Å². The van der Waals surface area contributed by atoms with E-state index in [1.807, 2.05) is 0 Å². The number of halogens is 5. The maximum Gasteiger partial charge on any atom is 0.502 e. The van der Waals surface area contributed by atoms with Gasteiger partial charge >= 0.3 is 5.51 Å². The lowest BCUT2D eigenvalue weighted by Gasteiger charge is -2.13. The van der Waals surface area contributed by atoms with Crippen molar-refractivity contribution in [3.8, 4) is 5.75 Å². The number of ether oxygens (including phenoxy) is 1. The molecule has 0 saturated carbocycles. The summed E-state index contributed by atoms with van der Waals surface area (Å²) in [5.41, 5.74) is -5.52. The van der Waals surface area contributed by atoms with Gasteiger partial charge in [0.05, 0.1) is 0 Å². The number of hydrogen-bond acceptors (Lipinski definition) is 3. The van der Waals surface area contributed by atoms with Gasteiger partial charge in [-0.2, -0.15) is 13.2 Å². The van der Waals surface area contributed by atoms with Crippen LogP contribution in [0, 0.1) is 0 Å². The van der Waals surface area contributed by atoms with Crippen LogP contribution in [0.15, 0.2) is 29.2 Å². The van der Waals surface area contributed by atoms with Crippen LogP contribution in [-0.2, 0) is 9.84 Å². The van der Waals surface area contributed by atoms with Crippen LogP contribution >= 0.6 is 0 Å². The van der Waals surface area contributed by atoms with Crippen LogP contribution in [0.5, 0.6) is 5.75 Å². The van der Waals surface area contributed by atoms with Crippen LogP contribution in [0.2, 0.25) is 0 Å². The molecule has 0 fully saturated rings. The summed E-state index contributed by atoms with van der Waals surface area (Å²) in [6.07, 6.45) is -2.92. The van der Waals surface area contributed by atoms with E-state index in [1.165, 1.54) is 6.07 Å². The molecule has 0 amide bonds. The van der Waals surface area contributed by atoms with Crippen LogP contribution in [0.3, 0.4) is 0 Å². The molecule has 0 unspecified atom stereocenters. The molecule has 0 bridgehead atoms. The molecule has 9 heteroatoms. The minimum Gasteiger partial charge on any atom is -0.486 e. The van der Waals surface area contributed by atoms with Crippen molar-refractivity contribution in [1.82, 2.24) is 0 Å². The van der Waals surface area contributed by atoms with Crippen LogP contribution in [-0.4, -0.2) is 27.0 Å². The Hall–Kier alpha value is -1.38. The Kier molecular flexibility index (Phi) is 4.15. The third-order valence-electron chi connectivity index (χ3n) is 1.81. The molecule has 18 heavy (non-hydrogen) atoms. The quantitative estimate of drug-likeness (QED) is 0.801. The summed E-state index contributed by atoms with van der Waals surface area (Å²) in [6, 6.07) is 3.73. The van der Waals surface area contributed by atoms with Gasteiger partial charge in [0.1, 0.15) is 17.3 Å². The van der Waals surface area contributed by atoms with Crippen molar-refractivity contribution < 1.29 is 35.1 Å². The molecule has 0 aliphatic carbocycles.